The van der Waals surface area contributed by atoms with Crippen LogP contribution in [0.1, 0.15) is 40.0 Å². The predicted octanol–water partition coefficient (Wildman–Crippen LogP) is 3.09. The van der Waals surface area contributed by atoms with Gasteiger partial charge in [-0.25, -0.2) is 0 Å². The van der Waals surface area contributed by atoms with E-state index in [2.05, 4.69) is 13.8 Å². The summed E-state index contributed by atoms with van der Waals surface area (Å²) in [6, 6.07) is 0. The van der Waals surface area contributed by atoms with Crippen LogP contribution in [0, 0.1) is 5.92 Å². The van der Waals surface area contributed by atoms with E-state index in [4.69, 9.17) is 0 Å². The first-order valence-corrected chi connectivity index (χ1v) is 5.28. The summed E-state index contributed by atoms with van der Waals surface area (Å²) < 4.78 is 0. The Morgan fingerprint density at radius 2 is 2.18 bits per heavy atom. The fourth-order valence-corrected chi connectivity index (χ4v) is 1.45. The molecule has 0 fully saturated rings. The fourth-order valence-electron chi connectivity index (χ4n) is 0.852. The van der Waals surface area contributed by atoms with Crippen molar-refractivity contribution in [1.82, 2.24) is 0 Å². The largest absolute Gasteiger partial charge is 0.288 e. The Kier molecular flexibility index (Phi) is 6.73. The van der Waals surface area contributed by atoms with E-state index in [1.807, 2.05) is 0 Å². The summed E-state index contributed by atoms with van der Waals surface area (Å²) in [4.78, 5) is 10.5. The van der Waals surface area contributed by atoms with Crippen LogP contribution in [0.3, 0.4) is 0 Å². The Morgan fingerprint density at radius 1 is 1.55 bits per heavy atom. The van der Waals surface area contributed by atoms with Crippen LogP contribution < -0.4 is 0 Å². The zero-order chi connectivity index (χ0) is 8.69. The third kappa shape index (κ3) is 7.92. The van der Waals surface area contributed by atoms with Crippen molar-refractivity contribution >= 4 is 16.9 Å². The van der Waals surface area contributed by atoms with E-state index in [-0.39, 0.29) is 5.12 Å². The first kappa shape index (κ1) is 11.0. The molecule has 1 nitrogen and oxygen atoms in total. The van der Waals surface area contributed by atoms with Crippen LogP contribution in [-0.2, 0) is 4.79 Å². The van der Waals surface area contributed by atoms with Crippen molar-refractivity contribution in [2.45, 2.75) is 40.0 Å². The van der Waals surface area contributed by atoms with Gasteiger partial charge in [0.15, 0.2) is 5.12 Å². The first-order valence-electron chi connectivity index (χ1n) is 4.30. The van der Waals surface area contributed by atoms with Gasteiger partial charge in [-0.2, -0.15) is 0 Å². The molecule has 0 aromatic rings. The van der Waals surface area contributed by atoms with Crippen molar-refractivity contribution in [2.75, 3.05) is 5.75 Å². The highest BCUT2D eigenvalue weighted by atomic mass is 32.2. The van der Waals surface area contributed by atoms with Gasteiger partial charge in [-0.3, -0.25) is 4.79 Å². The molecule has 0 N–H and O–H groups in total. The van der Waals surface area contributed by atoms with E-state index in [0.29, 0.717) is 0 Å². The molecule has 0 saturated carbocycles. The fraction of sp³-hybridized carbons (Fsp3) is 0.889. The second-order valence-corrected chi connectivity index (χ2v) is 4.27. The quantitative estimate of drug-likeness (QED) is 0.596. The molecule has 0 saturated heterocycles. The zero-order valence-corrected chi connectivity index (χ0v) is 8.54. The van der Waals surface area contributed by atoms with Gasteiger partial charge in [0.05, 0.1) is 0 Å². The number of carbonyl (C=O) groups is 1. The molecule has 0 aliphatic heterocycles. The van der Waals surface area contributed by atoms with Crippen LogP contribution in [0.25, 0.3) is 0 Å². The minimum atomic E-state index is 0.245. The summed E-state index contributed by atoms with van der Waals surface area (Å²) in [5, 5.41) is 0.245. The number of carbonyl (C=O) groups excluding carboxylic acids is 1. The maximum absolute atomic E-state index is 10.5. The molecule has 11 heavy (non-hydrogen) atoms. The maximum Gasteiger partial charge on any atom is 0.185 e. The van der Waals surface area contributed by atoms with Crippen LogP contribution in [0.2, 0.25) is 0 Å². The lowest BCUT2D eigenvalue weighted by Gasteiger charge is -2.05. The third-order valence-corrected chi connectivity index (χ3v) is 2.74. The Morgan fingerprint density at radius 3 is 2.64 bits per heavy atom. The van der Waals surface area contributed by atoms with Crippen LogP contribution in [-0.4, -0.2) is 10.9 Å². The van der Waals surface area contributed by atoms with Gasteiger partial charge >= 0.3 is 0 Å². The highest BCUT2D eigenvalue weighted by Gasteiger charge is 1.99. The second kappa shape index (κ2) is 6.71. The molecule has 0 radical (unpaired) electrons. The van der Waals surface area contributed by atoms with Gasteiger partial charge in [0.25, 0.3) is 0 Å². The van der Waals surface area contributed by atoms with E-state index >= 15 is 0 Å². The van der Waals surface area contributed by atoms with Crippen LogP contribution in [0.15, 0.2) is 0 Å². The van der Waals surface area contributed by atoms with E-state index in [0.717, 1.165) is 11.7 Å². The van der Waals surface area contributed by atoms with Crippen LogP contribution in [0.4, 0.5) is 0 Å². The lowest BCUT2D eigenvalue weighted by atomic mass is 10.0. The average molecular weight is 174 g/mol. The maximum atomic E-state index is 10.5. The molecule has 0 spiro atoms. The van der Waals surface area contributed by atoms with Crippen molar-refractivity contribution in [3.05, 3.63) is 0 Å². The molecule has 0 aliphatic rings. The Bertz CT molecular complexity index is 112. The Labute approximate surface area is 73.9 Å². The molecule has 0 aliphatic carbocycles. The van der Waals surface area contributed by atoms with Gasteiger partial charge in [-0.1, -0.05) is 32.0 Å². The summed E-state index contributed by atoms with van der Waals surface area (Å²) in [7, 11) is 0. The van der Waals surface area contributed by atoms with Crippen molar-refractivity contribution in [3.63, 3.8) is 0 Å². The van der Waals surface area contributed by atoms with Gasteiger partial charge in [0, 0.05) is 12.7 Å². The minimum absolute atomic E-state index is 0.245. The number of rotatable bonds is 5. The van der Waals surface area contributed by atoms with Gasteiger partial charge in [-0.05, 0) is 18.8 Å². The molecule has 0 aromatic carbocycles. The molecule has 0 aromatic heterocycles. The molecule has 0 bridgehead atoms. The molecular formula is C9H18OS. The second-order valence-electron chi connectivity index (χ2n) is 3.00. The average Bonchev–Trinajstić information content (AvgIpc) is 1.97. The highest BCUT2D eigenvalue weighted by Crippen LogP contribution is 2.12. The normalized spacial score (nSPS) is 13.0. The smallest absolute Gasteiger partial charge is 0.185 e. The summed E-state index contributed by atoms with van der Waals surface area (Å²) in [5.41, 5.74) is 0. The first-order chi connectivity index (χ1) is 5.16. The minimum Gasteiger partial charge on any atom is -0.288 e. The molecule has 0 amide bonds. The zero-order valence-electron chi connectivity index (χ0n) is 7.72. The third-order valence-electron chi connectivity index (χ3n) is 1.84. The summed E-state index contributed by atoms with van der Waals surface area (Å²) >= 11 is 1.44. The topological polar surface area (TPSA) is 17.1 Å². The van der Waals surface area contributed by atoms with Crippen molar-refractivity contribution < 1.29 is 4.79 Å². The number of hydrogen-bond donors (Lipinski definition) is 0. The Balaban J connectivity index is 3.08. The van der Waals surface area contributed by atoms with Gasteiger partial charge < -0.3 is 0 Å². The number of hydrogen-bond acceptors (Lipinski definition) is 2. The monoisotopic (exact) mass is 174 g/mol. The molecular weight excluding hydrogens is 156 g/mol. The van der Waals surface area contributed by atoms with Crippen LogP contribution in [0.5, 0.6) is 0 Å². The SMILES string of the molecule is CCC(C)CCCSC(C)=O. The van der Waals surface area contributed by atoms with E-state index in [1.165, 1.54) is 31.0 Å². The van der Waals surface area contributed by atoms with E-state index in [9.17, 15) is 4.79 Å². The van der Waals surface area contributed by atoms with Gasteiger partial charge in [0.1, 0.15) is 0 Å². The molecule has 0 heterocycles. The van der Waals surface area contributed by atoms with Gasteiger partial charge in [-0.15, -0.1) is 0 Å². The lowest BCUT2D eigenvalue weighted by Crippen LogP contribution is -1.94. The lowest BCUT2D eigenvalue weighted by molar-refractivity contribution is -0.109. The van der Waals surface area contributed by atoms with E-state index < -0.39 is 0 Å². The Hall–Kier alpha value is 0.0200. The predicted molar refractivity (Wildman–Crippen MR) is 51.8 cm³/mol. The molecule has 1 unspecified atom stereocenters. The summed E-state index contributed by atoms with van der Waals surface area (Å²) in [6.07, 6.45) is 3.70. The van der Waals surface area contributed by atoms with Crippen molar-refractivity contribution in [3.8, 4) is 0 Å². The summed E-state index contributed by atoms with van der Waals surface area (Å²) in [6.45, 7) is 6.11. The van der Waals surface area contributed by atoms with Gasteiger partial charge in [0.2, 0.25) is 0 Å². The summed E-state index contributed by atoms with van der Waals surface area (Å²) in [5.74, 6) is 1.82. The number of thioether (sulfide) groups is 1. The van der Waals surface area contributed by atoms with Crippen molar-refractivity contribution in [2.24, 2.45) is 5.92 Å². The van der Waals surface area contributed by atoms with Crippen molar-refractivity contribution in [1.29, 1.82) is 0 Å². The van der Waals surface area contributed by atoms with Crippen LogP contribution >= 0.6 is 11.8 Å². The molecule has 0 rings (SSSR count). The van der Waals surface area contributed by atoms with E-state index in [1.54, 1.807) is 6.92 Å². The highest BCUT2D eigenvalue weighted by molar-refractivity contribution is 8.13. The molecule has 66 valence electrons. The standard InChI is InChI=1S/C9H18OS/c1-4-8(2)6-5-7-11-9(3)10/h8H,4-7H2,1-3H3. The molecule has 2 heteroatoms. The molecule has 1 atom stereocenters.